The van der Waals surface area contributed by atoms with E-state index in [9.17, 15) is 0 Å². The molecule has 144 valence electrons. The summed E-state index contributed by atoms with van der Waals surface area (Å²) in [6.45, 7) is 6.33. The van der Waals surface area contributed by atoms with Crippen molar-refractivity contribution in [1.82, 2.24) is 4.90 Å². The fourth-order valence-corrected chi connectivity index (χ4v) is 4.63. The van der Waals surface area contributed by atoms with Crippen LogP contribution in [-0.4, -0.2) is 30.6 Å². The number of hydrogen-bond acceptors (Lipinski definition) is 2. The Kier molecular flexibility index (Phi) is 5.87. The smallest absolute Gasteiger partial charge is 0.0720 e. The molecule has 1 saturated heterocycles. The van der Waals surface area contributed by atoms with Gasteiger partial charge >= 0.3 is 0 Å². The van der Waals surface area contributed by atoms with Crippen LogP contribution in [0.4, 0.5) is 0 Å². The van der Waals surface area contributed by atoms with E-state index in [1.807, 2.05) is 12.1 Å². The lowest BCUT2D eigenvalue weighted by atomic mass is 9.64. The number of likely N-dealkylation sites (tertiary alicyclic amines) is 1. The lowest BCUT2D eigenvalue weighted by Crippen LogP contribution is -2.48. The van der Waals surface area contributed by atoms with Crippen LogP contribution >= 0.6 is 11.6 Å². The van der Waals surface area contributed by atoms with Gasteiger partial charge in [-0.25, -0.2) is 0 Å². The molecular formula is C24H30ClNO. The predicted molar refractivity (Wildman–Crippen MR) is 112 cm³/mol. The van der Waals surface area contributed by atoms with Crippen molar-refractivity contribution in [2.75, 3.05) is 19.6 Å². The molecule has 1 aliphatic carbocycles. The fraction of sp³-hybridized carbons (Fsp3) is 0.500. The van der Waals surface area contributed by atoms with Crippen LogP contribution < -0.4 is 0 Å². The highest BCUT2D eigenvalue weighted by molar-refractivity contribution is 6.30. The average Bonchev–Trinajstić information content (AvgIpc) is 2.66. The Morgan fingerprint density at radius 2 is 1.67 bits per heavy atom. The van der Waals surface area contributed by atoms with Crippen LogP contribution in [0, 0.1) is 6.92 Å². The topological polar surface area (TPSA) is 12.5 Å². The zero-order valence-electron chi connectivity index (χ0n) is 16.3. The number of nitrogens with zero attached hydrogens (tertiary/aromatic N) is 1. The zero-order chi connectivity index (χ0) is 18.7. The SMILES string of the molecule is Cc1ccc(COC2CCN(CC3(c4ccc(Cl)cc4)CCC3)CC2)cc1. The molecule has 1 heterocycles. The zero-order valence-corrected chi connectivity index (χ0v) is 17.0. The van der Waals surface area contributed by atoms with Crippen LogP contribution in [0.15, 0.2) is 48.5 Å². The van der Waals surface area contributed by atoms with Crippen LogP contribution in [0.25, 0.3) is 0 Å². The summed E-state index contributed by atoms with van der Waals surface area (Å²) in [4.78, 5) is 2.65. The molecular weight excluding hydrogens is 354 g/mol. The van der Waals surface area contributed by atoms with E-state index in [4.69, 9.17) is 16.3 Å². The largest absolute Gasteiger partial charge is 0.373 e. The van der Waals surface area contributed by atoms with Gasteiger partial charge in [0.15, 0.2) is 0 Å². The molecule has 27 heavy (non-hydrogen) atoms. The van der Waals surface area contributed by atoms with Gasteiger partial charge < -0.3 is 9.64 Å². The van der Waals surface area contributed by atoms with Crippen molar-refractivity contribution in [1.29, 1.82) is 0 Å². The van der Waals surface area contributed by atoms with Gasteiger partial charge in [0.05, 0.1) is 12.7 Å². The van der Waals surface area contributed by atoms with E-state index in [0.29, 0.717) is 11.5 Å². The number of hydrogen-bond donors (Lipinski definition) is 0. The van der Waals surface area contributed by atoms with E-state index in [2.05, 4.69) is 48.2 Å². The quantitative estimate of drug-likeness (QED) is 0.629. The third kappa shape index (κ3) is 4.56. The van der Waals surface area contributed by atoms with Gasteiger partial charge in [0.1, 0.15) is 0 Å². The summed E-state index contributed by atoms with van der Waals surface area (Å²) in [5.74, 6) is 0. The molecule has 0 radical (unpaired) electrons. The van der Waals surface area contributed by atoms with Gasteiger partial charge in [-0.15, -0.1) is 0 Å². The Morgan fingerprint density at radius 3 is 2.26 bits per heavy atom. The lowest BCUT2D eigenvalue weighted by molar-refractivity contribution is -0.0102. The lowest BCUT2D eigenvalue weighted by Gasteiger charge is -2.47. The maximum atomic E-state index is 6.18. The minimum atomic E-state index is 0.347. The molecule has 4 rings (SSSR count). The molecule has 0 unspecified atom stereocenters. The molecule has 1 saturated carbocycles. The molecule has 2 fully saturated rings. The van der Waals surface area contributed by atoms with Crippen molar-refractivity contribution in [3.8, 4) is 0 Å². The monoisotopic (exact) mass is 383 g/mol. The number of piperidine rings is 1. The molecule has 0 atom stereocenters. The van der Waals surface area contributed by atoms with Gasteiger partial charge in [-0.1, -0.05) is 60.0 Å². The number of halogens is 1. The third-order valence-corrected chi connectivity index (χ3v) is 6.69. The summed E-state index contributed by atoms with van der Waals surface area (Å²) in [5.41, 5.74) is 4.40. The van der Waals surface area contributed by atoms with Gasteiger partial charge in [-0.3, -0.25) is 0 Å². The van der Waals surface area contributed by atoms with E-state index >= 15 is 0 Å². The Balaban J connectivity index is 1.27. The standard InChI is InChI=1S/C24H30ClNO/c1-19-3-5-20(6-4-19)17-27-23-11-15-26(16-12-23)18-24(13-2-14-24)21-7-9-22(25)10-8-21/h3-10,23H,2,11-18H2,1H3. The predicted octanol–water partition coefficient (Wildman–Crippen LogP) is 5.75. The van der Waals surface area contributed by atoms with Crippen LogP contribution in [0.5, 0.6) is 0 Å². The normalized spacial score (nSPS) is 20.4. The first kappa shape index (κ1) is 19.0. The molecule has 2 aromatic rings. The number of rotatable bonds is 6. The second kappa shape index (κ2) is 8.34. The van der Waals surface area contributed by atoms with Gasteiger partial charge in [-0.05, 0) is 55.9 Å². The Bertz CT molecular complexity index is 728. The molecule has 3 heteroatoms. The maximum Gasteiger partial charge on any atom is 0.0720 e. The first-order chi connectivity index (χ1) is 13.1. The van der Waals surface area contributed by atoms with Crippen molar-refractivity contribution < 1.29 is 4.74 Å². The van der Waals surface area contributed by atoms with Gasteiger partial charge in [-0.2, -0.15) is 0 Å². The van der Waals surface area contributed by atoms with E-state index in [0.717, 1.165) is 37.6 Å². The summed E-state index contributed by atoms with van der Waals surface area (Å²) in [6.07, 6.45) is 6.64. The molecule has 0 aromatic heterocycles. The summed E-state index contributed by atoms with van der Waals surface area (Å²) < 4.78 is 6.18. The number of ether oxygens (including phenoxy) is 1. The van der Waals surface area contributed by atoms with Crippen molar-refractivity contribution in [3.05, 3.63) is 70.2 Å². The Morgan fingerprint density at radius 1 is 1.00 bits per heavy atom. The summed E-state index contributed by atoms with van der Waals surface area (Å²) in [6, 6.07) is 17.2. The van der Waals surface area contributed by atoms with Crippen molar-refractivity contribution in [2.45, 2.75) is 57.2 Å². The first-order valence-corrected chi connectivity index (χ1v) is 10.7. The summed E-state index contributed by atoms with van der Waals surface area (Å²) in [5, 5.41) is 0.833. The van der Waals surface area contributed by atoms with Crippen LogP contribution in [0.2, 0.25) is 5.02 Å². The van der Waals surface area contributed by atoms with Crippen molar-refractivity contribution >= 4 is 11.6 Å². The molecule has 2 nitrogen and oxygen atoms in total. The highest BCUT2D eigenvalue weighted by Gasteiger charge is 2.40. The highest BCUT2D eigenvalue weighted by atomic mass is 35.5. The fourth-order valence-electron chi connectivity index (χ4n) is 4.51. The van der Waals surface area contributed by atoms with E-state index in [-0.39, 0.29) is 0 Å². The molecule has 2 aliphatic rings. The average molecular weight is 384 g/mol. The number of benzene rings is 2. The van der Waals surface area contributed by atoms with E-state index < -0.39 is 0 Å². The maximum absolute atomic E-state index is 6.18. The molecule has 2 aromatic carbocycles. The van der Waals surface area contributed by atoms with E-state index in [1.54, 1.807) is 0 Å². The van der Waals surface area contributed by atoms with Crippen molar-refractivity contribution in [3.63, 3.8) is 0 Å². The summed E-state index contributed by atoms with van der Waals surface area (Å²) in [7, 11) is 0. The molecule has 0 amide bonds. The molecule has 0 spiro atoms. The van der Waals surface area contributed by atoms with Crippen LogP contribution in [0.1, 0.15) is 48.8 Å². The van der Waals surface area contributed by atoms with E-state index in [1.165, 1.54) is 42.5 Å². The van der Waals surface area contributed by atoms with Crippen molar-refractivity contribution in [2.24, 2.45) is 0 Å². The molecule has 1 aliphatic heterocycles. The minimum absolute atomic E-state index is 0.347. The highest BCUT2D eigenvalue weighted by Crippen LogP contribution is 2.45. The Hall–Kier alpha value is -1.35. The molecule has 0 bridgehead atoms. The van der Waals surface area contributed by atoms with Crippen LogP contribution in [0.3, 0.4) is 0 Å². The number of aryl methyl sites for hydroxylation is 1. The van der Waals surface area contributed by atoms with Gasteiger partial charge in [0.25, 0.3) is 0 Å². The second-order valence-electron chi connectivity index (χ2n) is 8.41. The Labute approximate surface area is 168 Å². The third-order valence-electron chi connectivity index (χ3n) is 6.43. The van der Waals surface area contributed by atoms with Crippen LogP contribution in [-0.2, 0) is 16.8 Å². The first-order valence-electron chi connectivity index (χ1n) is 10.3. The van der Waals surface area contributed by atoms with Gasteiger partial charge in [0.2, 0.25) is 0 Å². The van der Waals surface area contributed by atoms with Gasteiger partial charge in [0, 0.05) is 30.1 Å². The molecule has 0 N–H and O–H groups in total. The summed E-state index contributed by atoms with van der Waals surface area (Å²) >= 11 is 6.09. The second-order valence-corrected chi connectivity index (χ2v) is 8.85. The minimum Gasteiger partial charge on any atom is -0.373 e.